The van der Waals surface area contributed by atoms with Crippen LogP contribution in [0.15, 0.2) is 42.7 Å². The summed E-state index contributed by atoms with van der Waals surface area (Å²) in [6, 6.07) is 8.45. The summed E-state index contributed by atoms with van der Waals surface area (Å²) in [7, 11) is 0. The molecule has 5 heteroatoms. The average Bonchev–Trinajstić information content (AvgIpc) is 2.88. The van der Waals surface area contributed by atoms with Crippen molar-refractivity contribution in [3.05, 3.63) is 53.9 Å². The van der Waals surface area contributed by atoms with Gasteiger partial charge >= 0.3 is 5.97 Å². The number of aryl methyl sites for hydroxylation is 1. The molecule has 2 rings (SSSR count). The summed E-state index contributed by atoms with van der Waals surface area (Å²) in [4.78, 5) is 11.3. The lowest BCUT2D eigenvalue weighted by atomic mass is 10.1. The molecular formula is C14H17N3O2. The Hall–Kier alpha value is -2.14. The van der Waals surface area contributed by atoms with Crippen LogP contribution in [-0.4, -0.2) is 20.9 Å². The van der Waals surface area contributed by atoms with E-state index >= 15 is 0 Å². The molecule has 0 saturated heterocycles. The third-order valence-corrected chi connectivity index (χ3v) is 2.90. The van der Waals surface area contributed by atoms with E-state index in [-0.39, 0.29) is 0 Å². The average molecular weight is 259 g/mol. The van der Waals surface area contributed by atoms with Crippen LogP contribution in [0.2, 0.25) is 0 Å². The van der Waals surface area contributed by atoms with Gasteiger partial charge in [0.15, 0.2) is 0 Å². The highest BCUT2D eigenvalue weighted by molar-refractivity contribution is 5.75. The first-order chi connectivity index (χ1) is 9.20. The van der Waals surface area contributed by atoms with Gasteiger partial charge in [-0.15, -0.1) is 0 Å². The van der Waals surface area contributed by atoms with E-state index in [0.29, 0.717) is 6.54 Å². The van der Waals surface area contributed by atoms with Crippen molar-refractivity contribution >= 4 is 5.97 Å². The fourth-order valence-electron chi connectivity index (χ4n) is 1.88. The highest BCUT2D eigenvalue weighted by Crippen LogP contribution is 2.13. The molecule has 5 nitrogen and oxygen atoms in total. The Bertz CT molecular complexity index is 537. The van der Waals surface area contributed by atoms with Crippen LogP contribution >= 0.6 is 0 Å². The number of carboxylic acids is 1. The zero-order valence-electron chi connectivity index (χ0n) is 10.8. The second-order valence-electron chi connectivity index (χ2n) is 4.27. The van der Waals surface area contributed by atoms with E-state index in [1.807, 2.05) is 36.0 Å². The van der Waals surface area contributed by atoms with Gasteiger partial charge in [-0.25, -0.2) is 0 Å². The molecule has 1 aromatic heterocycles. The largest absolute Gasteiger partial charge is 0.480 e. The van der Waals surface area contributed by atoms with Crippen LogP contribution in [0.3, 0.4) is 0 Å². The SMILES string of the molecule is CCn1cc(CNC(C(=O)O)c2ccccc2)cn1. The maximum Gasteiger partial charge on any atom is 0.325 e. The van der Waals surface area contributed by atoms with Gasteiger partial charge in [0.2, 0.25) is 0 Å². The minimum Gasteiger partial charge on any atom is -0.480 e. The Labute approximate surface area is 111 Å². The molecule has 0 spiro atoms. The molecule has 0 aliphatic carbocycles. The first kappa shape index (κ1) is 13.3. The van der Waals surface area contributed by atoms with Crippen molar-refractivity contribution < 1.29 is 9.90 Å². The zero-order valence-corrected chi connectivity index (χ0v) is 10.8. The van der Waals surface area contributed by atoms with Gasteiger partial charge in [-0.3, -0.25) is 14.8 Å². The molecule has 1 aromatic carbocycles. The molecule has 2 N–H and O–H groups in total. The van der Waals surface area contributed by atoms with Crippen LogP contribution in [0.1, 0.15) is 24.1 Å². The van der Waals surface area contributed by atoms with Gasteiger partial charge in [0.1, 0.15) is 6.04 Å². The van der Waals surface area contributed by atoms with E-state index < -0.39 is 12.0 Å². The van der Waals surface area contributed by atoms with Crippen molar-refractivity contribution in [2.24, 2.45) is 0 Å². The fourth-order valence-corrected chi connectivity index (χ4v) is 1.88. The van der Waals surface area contributed by atoms with Gasteiger partial charge in [0.25, 0.3) is 0 Å². The van der Waals surface area contributed by atoms with E-state index in [1.165, 1.54) is 0 Å². The molecule has 19 heavy (non-hydrogen) atoms. The lowest BCUT2D eigenvalue weighted by Gasteiger charge is -2.14. The third-order valence-electron chi connectivity index (χ3n) is 2.90. The topological polar surface area (TPSA) is 67.2 Å². The number of nitrogens with zero attached hydrogens (tertiary/aromatic N) is 2. The number of hydrogen-bond acceptors (Lipinski definition) is 3. The van der Waals surface area contributed by atoms with E-state index in [2.05, 4.69) is 10.4 Å². The summed E-state index contributed by atoms with van der Waals surface area (Å²) in [5, 5.41) is 16.5. The van der Waals surface area contributed by atoms with Gasteiger partial charge in [0, 0.05) is 24.8 Å². The summed E-state index contributed by atoms with van der Waals surface area (Å²) in [5.41, 5.74) is 1.72. The number of hydrogen-bond donors (Lipinski definition) is 2. The number of carbonyl (C=O) groups is 1. The number of aromatic nitrogens is 2. The molecule has 0 aliphatic heterocycles. The molecule has 2 aromatic rings. The standard InChI is InChI=1S/C14H17N3O2/c1-2-17-10-11(9-16-17)8-15-13(14(18)19)12-6-4-3-5-7-12/h3-7,9-10,13,15H,2,8H2,1H3,(H,18,19). The van der Waals surface area contributed by atoms with Crippen LogP contribution in [-0.2, 0) is 17.9 Å². The molecule has 0 amide bonds. The predicted molar refractivity (Wildman–Crippen MR) is 71.6 cm³/mol. The minimum absolute atomic E-state index is 0.478. The Morgan fingerprint density at radius 2 is 2.16 bits per heavy atom. The normalized spacial score (nSPS) is 12.3. The van der Waals surface area contributed by atoms with E-state index in [9.17, 15) is 9.90 Å². The zero-order chi connectivity index (χ0) is 13.7. The smallest absolute Gasteiger partial charge is 0.325 e. The minimum atomic E-state index is -0.880. The number of rotatable bonds is 6. The quantitative estimate of drug-likeness (QED) is 0.830. The molecule has 1 atom stereocenters. The van der Waals surface area contributed by atoms with Gasteiger partial charge in [-0.1, -0.05) is 30.3 Å². The van der Waals surface area contributed by atoms with E-state index in [0.717, 1.165) is 17.7 Å². The van der Waals surface area contributed by atoms with Crippen LogP contribution < -0.4 is 5.32 Å². The number of carboxylic acid groups (broad SMARTS) is 1. The Morgan fingerprint density at radius 1 is 1.42 bits per heavy atom. The van der Waals surface area contributed by atoms with Crippen molar-refractivity contribution in [2.45, 2.75) is 26.1 Å². The molecule has 0 bridgehead atoms. The van der Waals surface area contributed by atoms with Crippen LogP contribution in [0.25, 0.3) is 0 Å². The first-order valence-electron chi connectivity index (χ1n) is 6.23. The molecule has 0 saturated carbocycles. The van der Waals surface area contributed by atoms with E-state index in [4.69, 9.17) is 0 Å². The van der Waals surface area contributed by atoms with Gasteiger partial charge in [0.05, 0.1) is 6.20 Å². The number of nitrogens with one attached hydrogen (secondary N) is 1. The Kier molecular flexibility index (Phi) is 4.30. The van der Waals surface area contributed by atoms with Crippen molar-refractivity contribution in [2.75, 3.05) is 0 Å². The number of benzene rings is 1. The molecule has 1 heterocycles. The highest BCUT2D eigenvalue weighted by atomic mass is 16.4. The van der Waals surface area contributed by atoms with Crippen molar-refractivity contribution in [3.63, 3.8) is 0 Å². The van der Waals surface area contributed by atoms with Crippen molar-refractivity contribution in [3.8, 4) is 0 Å². The maximum atomic E-state index is 11.3. The Morgan fingerprint density at radius 3 is 2.74 bits per heavy atom. The van der Waals surface area contributed by atoms with E-state index in [1.54, 1.807) is 18.3 Å². The maximum absolute atomic E-state index is 11.3. The number of aliphatic carboxylic acids is 1. The molecule has 0 fully saturated rings. The lowest BCUT2D eigenvalue weighted by molar-refractivity contribution is -0.139. The first-order valence-corrected chi connectivity index (χ1v) is 6.23. The van der Waals surface area contributed by atoms with Crippen LogP contribution in [0.5, 0.6) is 0 Å². The van der Waals surface area contributed by atoms with Gasteiger partial charge in [-0.2, -0.15) is 5.10 Å². The second-order valence-corrected chi connectivity index (χ2v) is 4.27. The molecule has 100 valence electrons. The summed E-state index contributed by atoms with van der Waals surface area (Å²) < 4.78 is 1.81. The summed E-state index contributed by atoms with van der Waals surface area (Å²) in [6.45, 7) is 3.29. The molecule has 0 radical (unpaired) electrons. The molecular weight excluding hydrogens is 242 g/mol. The van der Waals surface area contributed by atoms with Crippen molar-refractivity contribution in [1.29, 1.82) is 0 Å². The monoisotopic (exact) mass is 259 g/mol. The summed E-state index contributed by atoms with van der Waals surface area (Å²) >= 11 is 0. The predicted octanol–water partition coefficient (Wildman–Crippen LogP) is 1.82. The van der Waals surface area contributed by atoms with Crippen molar-refractivity contribution in [1.82, 2.24) is 15.1 Å². The molecule has 0 aliphatic rings. The highest BCUT2D eigenvalue weighted by Gasteiger charge is 2.18. The lowest BCUT2D eigenvalue weighted by Crippen LogP contribution is -2.27. The third kappa shape index (κ3) is 3.42. The van der Waals surface area contributed by atoms with Gasteiger partial charge < -0.3 is 5.11 Å². The van der Waals surface area contributed by atoms with Crippen LogP contribution in [0, 0.1) is 0 Å². The fraction of sp³-hybridized carbons (Fsp3) is 0.286. The molecule has 1 unspecified atom stereocenters. The van der Waals surface area contributed by atoms with Crippen LogP contribution in [0.4, 0.5) is 0 Å². The Balaban J connectivity index is 2.04. The summed E-state index contributed by atoms with van der Waals surface area (Å²) in [6.07, 6.45) is 3.66. The summed E-state index contributed by atoms with van der Waals surface area (Å²) in [5.74, 6) is -0.880. The second kappa shape index (κ2) is 6.15. The van der Waals surface area contributed by atoms with Gasteiger partial charge in [-0.05, 0) is 12.5 Å².